The van der Waals surface area contributed by atoms with E-state index in [1.165, 1.54) is 66.1 Å². The van der Waals surface area contributed by atoms with Gasteiger partial charge in [0.2, 0.25) is 6.71 Å². The maximum atomic E-state index is 4.74. The molecule has 0 aliphatic carbocycles. The number of benzene rings is 7. The average molecular weight is 925 g/mol. The molecule has 0 amide bonds. The zero-order chi connectivity index (χ0) is 38.1. The molecule has 0 spiro atoms. The van der Waals surface area contributed by atoms with E-state index in [-0.39, 0.29) is 29.1 Å². The summed E-state index contributed by atoms with van der Waals surface area (Å²) in [5, 5.41) is 7.64. The van der Waals surface area contributed by atoms with E-state index in [9.17, 15) is 0 Å². The van der Waals surface area contributed by atoms with E-state index in [1.54, 1.807) is 0 Å². The van der Waals surface area contributed by atoms with Gasteiger partial charge in [-0.2, -0.15) is 0 Å². The normalized spacial score (nSPS) is 13.4. The van der Waals surface area contributed by atoms with Crippen molar-refractivity contribution >= 4 is 64.9 Å². The maximum absolute atomic E-state index is 4.74. The average Bonchev–Trinajstić information content (AvgIpc) is 3.60. The molecule has 56 heavy (non-hydrogen) atoms. The number of nitrogens with zero attached hydrogens (tertiary/aromatic N) is 2. The molecule has 0 unspecified atom stereocenters. The molecule has 0 atom stereocenters. The third-order valence-corrected chi connectivity index (χ3v) is 14.8. The van der Waals surface area contributed by atoms with Gasteiger partial charge in [0, 0.05) is 22.4 Å². The summed E-state index contributed by atoms with van der Waals surface area (Å²) in [6, 6.07) is 61.1. The van der Waals surface area contributed by atoms with Crippen LogP contribution in [-0.4, -0.2) is 20.9 Å². The van der Waals surface area contributed by atoms with Crippen LogP contribution in [0, 0.1) is 0 Å². The van der Waals surface area contributed by atoms with Gasteiger partial charge < -0.3 is 9.89 Å². The Balaban J connectivity index is 0.000000235. The number of hydrogen-bond donors (Lipinski definition) is 0. The zero-order valence-electron chi connectivity index (χ0n) is 33.1. The molecule has 2 aliphatic heterocycles. The largest absolute Gasteiger partial charge is 0.658 e. The molecule has 281 valence electrons. The molecular formula is C51H48AuBN2Si-. The molecule has 0 aromatic heterocycles. The van der Waals surface area contributed by atoms with Crippen molar-refractivity contribution in [2.45, 2.75) is 52.6 Å². The van der Waals surface area contributed by atoms with E-state index in [4.69, 9.17) is 5.32 Å². The van der Waals surface area contributed by atoms with E-state index in [1.807, 2.05) is 0 Å². The molecule has 0 fully saturated rings. The van der Waals surface area contributed by atoms with Crippen LogP contribution in [0.4, 0.5) is 22.7 Å². The summed E-state index contributed by atoms with van der Waals surface area (Å²) >= 11 is 0. The molecule has 2 nitrogen and oxygen atoms in total. The molecule has 7 aromatic rings. The van der Waals surface area contributed by atoms with Crippen molar-refractivity contribution in [2.75, 3.05) is 0 Å². The Bertz CT molecular complexity index is 2380. The first-order chi connectivity index (χ1) is 26.7. The van der Waals surface area contributed by atoms with Crippen molar-refractivity contribution in [1.29, 1.82) is 0 Å². The summed E-state index contributed by atoms with van der Waals surface area (Å²) in [5.41, 5.74) is 15.1. The summed E-state index contributed by atoms with van der Waals surface area (Å²) < 4.78 is 2.38. The smallest absolute Gasteiger partial charge is 0.239 e. The van der Waals surface area contributed by atoms with Crippen LogP contribution >= 0.6 is 0 Å². The molecule has 7 aromatic carbocycles. The topological polar surface area (TPSA) is 17.1 Å². The number of fused-ring (bicyclic) bond motifs is 3. The molecule has 2 heterocycles. The second-order valence-corrected chi connectivity index (χ2v) is 20.1. The van der Waals surface area contributed by atoms with E-state index < -0.39 is 8.07 Å². The van der Waals surface area contributed by atoms with Crippen molar-refractivity contribution in [1.82, 2.24) is 4.58 Å². The van der Waals surface area contributed by atoms with Crippen LogP contribution in [0.15, 0.2) is 170 Å². The fraction of sp³-hybridized carbons (Fsp3) is 0.157. The second-order valence-electron chi connectivity index (χ2n) is 15.8. The van der Waals surface area contributed by atoms with Crippen LogP contribution < -0.4 is 25.9 Å². The van der Waals surface area contributed by atoms with Crippen molar-refractivity contribution in [2.24, 2.45) is 0 Å². The van der Waals surface area contributed by atoms with Crippen LogP contribution in [-0.2, 0) is 22.4 Å². The van der Waals surface area contributed by atoms with Crippen LogP contribution in [0.25, 0.3) is 27.6 Å². The van der Waals surface area contributed by atoms with E-state index >= 15 is 0 Å². The predicted molar refractivity (Wildman–Crippen MR) is 242 cm³/mol. The molecule has 0 bridgehead atoms. The minimum absolute atomic E-state index is 0. The SMILES string of the molecule is CC(C)c1cccc(C(C)C)c1[N+]1=[C-]B(c2c(-c3ccccc3)cccc2-c2ccccc2)c2ccccc21.C[Si]1(C)c2ccccc2[N-]c2ccccc21.[Au]. The van der Waals surface area contributed by atoms with Gasteiger partial charge in [-0.05, 0) is 51.3 Å². The van der Waals surface area contributed by atoms with Crippen LogP contribution in [0.2, 0.25) is 13.1 Å². The van der Waals surface area contributed by atoms with E-state index in [0.717, 1.165) is 11.4 Å². The minimum Gasteiger partial charge on any atom is -0.658 e. The first-order valence-electron chi connectivity index (χ1n) is 19.7. The molecule has 9 rings (SSSR count). The Hall–Kier alpha value is -4.97. The Morgan fingerprint density at radius 3 is 1.48 bits per heavy atom. The monoisotopic (exact) mass is 924 g/mol. The van der Waals surface area contributed by atoms with Gasteiger partial charge in [0.05, 0.1) is 11.8 Å². The van der Waals surface area contributed by atoms with Crippen LogP contribution in [0.3, 0.4) is 0 Å². The molecule has 2 aliphatic rings. The zero-order valence-corrected chi connectivity index (χ0v) is 36.3. The second kappa shape index (κ2) is 16.6. The maximum Gasteiger partial charge on any atom is 0.239 e. The Morgan fingerprint density at radius 1 is 0.518 bits per heavy atom. The first-order valence-corrected chi connectivity index (χ1v) is 22.7. The summed E-state index contributed by atoms with van der Waals surface area (Å²) in [4.78, 5) is 0. The Labute approximate surface area is 351 Å². The third-order valence-electron chi connectivity index (χ3n) is 11.3. The van der Waals surface area contributed by atoms with Crippen LogP contribution in [0.1, 0.15) is 50.7 Å². The summed E-state index contributed by atoms with van der Waals surface area (Å²) in [5.74, 6) is 0.811. The third kappa shape index (κ3) is 7.35. The van der Waals surface area contributed by atoms with E-state index in [2.05, 4.69) is 221 Å². The standard InChI is InChI=1S/C37H34BN.C14H14NSi.Au/c1-26(2)30-19-13-20-31(27(3)4)37(30)39-25-38(34-23-11-12-24-35(34)39)36-32(28-15-7-5-8-16-28)21-14-22-33(36)29-17-9-6-10-18-29;1-16(2)13-9-5-3-7-11(13)15-12-8-4-6-10-14(12)16;/h5-24,26-27H,1-4H3;3-10H,1-2H3;/q;-1;. The minimum atomic E-state index is -1.53. The van der Waals surface area contributed by atoms with Gasteiger partial charge in [-0.3, -0.25) is 0 Å². The molecule has 5 heteroatoms. The summed E-state index contributed by atoms with van der Waals surface area (Å²) in [7, 11) is -1.53. The number of hydrogen-bond acceptors (Lipinski definition) is 0. The van der Waals surface area contributed by atoms with Crippen molar-refractivity contribution in [3.8, 4) is 22.3 Å². The molecule has 0 saturated carbocycles. The Kier molecular flexibility index (Phi) is 11.7. The van der Waals surface area contributed by atoms with Crippen molar-refractivity contribution in [3.63, 3.8) is 0 Å². The van der Waals surface area contributed by atoms with Gasteiger partial charge in [0.1, 0.15) is 13.8 Å². The summed E-state index contributed by atoms with van der Waals surface area (Å²) in [6.07, 6.45) is 4.03. The van der Waals surface area contributed by atoms with Gasteiger partial charge in [0.15, 0.2) is 0 Å². The first kappa shape index (κ1) is 39.3. The summed E-state index contributed by atoms with van der Waals surface area (Å²) in [6.45, 7) is 14.0. The molecule has 1 radical (unpaired) electrons. The van der Waals surface area contributed by atoms with Crippen molar-refractivity contribution < 1.29 is 22.4 Å². The van der Waals surface area contributed by atoms with Gasteiger partial charge >= 0.3 is 0 Å². The van der Waals surface area contributed by atoms with Crippen molar-refractivity contribution in [3.05, 3.63) is 186 Å². The molecular weight excluding hydrogens is 876 g/mol. The molecule has 0 N–H and O–H groups in total. The molecule has 0 saturated heterocycles. The van der Waals surface area contributed by atoms with Gasteiger partial charge in [-0.25, -0.2) is 0 Å². The van der Waals surface area contributed by atoms with Gasteiger partial charge in [-0.15, -0.1) is 11.4 Å². The quantitative estimate of drug-likeness (QED) is 0.0898. The fourth-order valence-electron chi connectivity index (χ4n) is 8.47. The van der Waals surface area contributed by atoms with Crippen LogP contribution in [0.5, 0.6) is 0 Å². The van der Waals surface area contributed by atoms with E-state index in [0.29, 0.717) is 11.8 Å². The van der Waals surface area contributed by atoms with Gasteiger partial charge in [-0.1, -0.05) is 226 Å². The number of rotatable bonds is 6. The van der Waals surface area contributed by atoms with Gasteiger partial charge in [0.25, 0.3) is 0 Å². The Morgan fingerprint density at radius 2 is 0.964 bits per heavy atom. The number of para-hydroxylation sites is 4. The fourth-order valence-corrected chi connectivity index (χ4v) is 11.3. The predicted octanol–water partition coefficient (Wildman–Crippen LogP) is 11.4.